The number of aromatic nitrogens is 1. The molecule has 0 aliphatic heterocycles. The van der Waals surface area contributed by atoms with Crippen molar-refractivity contribution in [2.24, 2.45) is 0 Å². The van der Waals surface area contributed by atoms with Gasteiger partial charge >= 0.3 is 0 Å². The Bertz CT molecular complexity index is 508. The number of nitrogens with zero attached hydrogens (tertiary/aromatic N) is 2. The molecule has 0 radical (unpaired) electrons. The van der Waals surface area contributed by atoms with Crippen LogP contribution < -0.4 is 0 Å². The van der Waals surface area contributed by atoms with E-state index in [2.05, 4.69) is 16.8 Å². The third kappa shape index (κ3) is 6.75. The fraction of sp³-hybridized carbons (Fsp3) is 0.722. The summed E-state index contributed by atoms with van der Waals surface area (Å²) in [6.45, 7) is 9.79. The van der Waals surface area contributed by atoms with Crippen molar-refractivity contribution in [1.29, 1.82) is 0 Å². The largest absolute Gasteiger partial charge is 0.387 e. The van der Waals surface area contributed by atoms with Crippen molar-refractivity contribution in [2.75, 3.05) is 33.7 Å². The summed E-state index contributed by atoms with van der Waals surface area (Å²) in [5, 5.41) is 10.6. The summed E-state index contributed by atoms with van der Waals surface area (Å²) in [4.78, 5) is 19.4. The molecule has 0 bridgehead atoms. The maximum absolute atomic E-state index is 12.4. The number of hydrogen-bond donors (Lipinski definition) is 2. The summed E-state index contributed by atoms with van der Waals surface area (Å²) >= 11 is 0. The van der Waals surface area contributed by atoms with Gasteiger partial charge in [-0.15, -0.1) is 0 Å². The first-order chi connectivity index (χ1) is 10.6. The molecule has 0 aromatic carbocycles. The second-order valence-electron chi connectivity index (χ2n) is 7.12. The highest BCUT2D eigenvalue weighted by atomic mass is 16.3. The van der Waals surface area contributed by atoms with Crippen molar-refractivity contribution in [3.63, 3.8) is 0 Å². The molecule has 0 spiro atoms. The van der Waals surface area contributed by atoms with E-state index in [4.69, 9.17) is 0 Å². The summed E-state index contributed by atoms with van der Waals surface area (Å²) < 4.78 is 0. The lowest BCUT2D eigenvalue weighted by atomic mass is 10.0. The number of H-pyrrole nitrogens is 1. The molecule has 1 rings (SSSR count). The molecule has 0 fully saturated rings. The molecule has 5 nitrogen and oxygen atoms in total. The van der Waals surface area contributed by atoms with Crippen LogP contribution in [0.5, 0.6) is 0 Å². The number of hydrogen-bond acceptors (Lipinski definition) is 3. The van der Waals surface area contributed by atoms with E-state index in [9.17, 15) is 9.90 Å². The topological polar surface area (TPSA) is 59.6 Å². The van der Waals surface area contributed by atoms with E-state index in [1.807, 2.05) is 27.0 Å². The van der Waals surface area contributed by atoms with Crippen LogP contribution in [0.3, 0.4) is 0 Å². The average molecular weight is 323 g/mol. The van der Waals surface area contributed by atoms with Crippen LogP contribution in [0, 0.1) is 13.8 Å². The molecule has 0 saturated carbocycles. The predicted octanol–water partition coefficient (Wildman–Crippen LogP) is 2.12. The van der Waals surface area contributed by atoms with Gasteiger partial charge in [0.15, 0.2) is 0 Å². The highest BCUT2D eigenvalue weighted by Gasteiger charge is 2.26. The van der Waals surface area contributed by atoms with Gasteiger partial charge in [-0.1, -0.05) is 13.3 Å². The molecular formula is C18H33N3O2. The third-order valence-electron chi connectivity index (χ3n) is 4.11. The number of amides is 1. The molecule has 0 aliphatic carbocycles. The summed E-state index contributed by atoms with van der Waals surface area (Å²) in [5.41, 5.74) is 2.22. The highest BCUT2D eigenvalue weighted by Crippen LogP contribution is 2.13. The molecule has 1 aromatic heterocycles. The number of rotatable bonds is 9. The van der Waals surface area contributed by atoms with Crippen molar-refractivity contribution < 1.29 is 9.90 Å². The van der Waals surface area contributed by atoms with Crippen LogP contribution in [0.15, 0.2) is 6.07 Å². The predicted molar refractivity (Wildman–Crippen MR) is 94.6 cm³/mol. The quantitative estimate of drug-likeness (QED) is 0.732. The summed E-state index contributed by atoms with van der Waals surface area (Å²) in [6.07, 6.45) is 2.63. The van der Waals surface area contributed by atoms with Gasteiger partial charge in [0.2, 0.25) is 5.91 Å². The minimum atomic E-state index is -0.907. The van der Waals surface area contributed by atoms with Crippen LogP contribution in [0.1, 0.15) is 43.6 Å². The van der Waals surface area contributed by atoms with Crippen molar-refractivity contribution in [3.8, 4) is 0 Å². The maximum Gasteiger partial charge on any atom is 0.226 e. The normalized spacial score (nSPS) is 14.1. The van der Waals surface area contributed by atoms with E-state index < -0.39 is 5.60 Å². The van der Waals surface area contributed by atoms with E-state index in [0.29, 0.717) is 19.5 Å². The molecule has 23 heavy (non-hydrogen) atoms. The molecule has 0 aliphatic rings. The van der Waals surface area contributed by atoms with Gasteiger partial charge in [0.25, 0.3) is 0 Å². The minimum absolute atomic E-state index is 0.0311. The first-order valence-corrected chi connectivity index (χ1v) is 8.44. The lowest BCUT2D eigenvalue weighted by Gasteiger charge is -2.32. The Balaban J connectivity index is 2.54. The summed E-state index contributed by atoms with van der Waals surface area (Å²) in [5.74, 6) is 0.0311. The second-order valence-corrected chi connectivity index (χ2v) is 7.12. The Morgan fingerprint density at radius 2 is 1.96 bits per heavy atom. The smallest absolute Gasteiger partial charge is 0.226 e. The van der Waals surface area contributed by atoms with Gasteiger partial charge in [-0.05, 0) is 52.4 Å². The van der Waals surface area contributed by atoms with E-state index in [0.717, 1.165) is 36.3 Å². The Kier molecular flexibility index (Phi) is 7.29. The zero-order valence-corrected chi connectivity index (χ0v) is 15.6. The van der Waals surface area contributed by atoms with Crippen molar-refractivity contribution in [1.82, 2.24) is 14.8 Å². The average Bonchev–Trinajstić information content (AvgIpc) is 2.73. The molecule has 2 N–H and O–H groups in total. The molecule has 1 amide bonds. The van der Waals surface area contributed by atoms with Crippen LogP contribution in [-0.4, -0.2) is 65.1 Å². The van der Waals surface area contributed by atoms with Gasteiger partial charge in [-0.3, -0.25) is 4.79 Å². The van der Waals surface area contributed by atoms with Crippen LogP contribution in [-0.2, 0) is 11.2 Å². The fourth-order valence-electron chi connectivity index (χ4n) is 3.00. The van der Waals surface area contributed by atoms with Gasteiger partial charge in [0.1, 0.15) is 0 Å². The van der Waals surface area contributed by atoms with Gasteiger partial charge in [0, 0.05) is 25.0 Å². The standard InChI is InChI=1S/C18H33N3O2/c1-7-8-9-20(5)12-18(4,23)13-21(6)17(22)11-16-10-14(2)19-15(16)3/h10,19,23H,7-9,11-13H2,1-6H3. The SMILES string of the molecule is CCCCN(C)CC(C)(O)CN(C)C(=O)Cc1cc(C)[nH]c1C. The van der Waals surface area contributed by atoms with E-state index in [1.54, 1.807) is 18.9 Å². The molecule has 0 saturated heterocycles. The van der Waals surface area contributed by atoms with E-state index in [-0.39, 0.29) is 5.91 Å². The maximum atomic E-state index is 12.4. The highest BCUT2D eigenvalue weighted by molar-refractivity contribution is 5.79. The van der Waals surface area contributed by atoms with Gasteiger partial charge < -0.3 is 19.9 Å². The Labute approximate surface area is 140 Å². The lowest BCUT2D eigenvalue weighted by Crippen LogP contribution is -2.48. The summed E-state index contributed by atoms with van der Waals surface area (Å²) in [7, 11) is 3.77. The van der Waals surface area contributed by atoms with Crippen LogP contribution in [0.25, 0.3) is 0 Å². The number of carbonyl (C=O) groups excluding carboxylic acids is 1. The number of unbranched alkanes of at least 4 members (excludes halogenated alkanes) is 1. The monoisotopic (exact) mass is 323 g/mol. The van der Waals surface area contributed by atoms with Gasteiger partial charge in [-0.2, -0.15) is 0 Å². The number of aliphatic hydroxyl groups is 1. The van der Waals surface area contributed by atoms with Crippen molar-refractivity contribution in [3.05, 3.63) is 23.0 Å². The minimum Gasteiger partial charge on any atom is -0.387 e. The molecular weight excluding hydrogens is 290 g/mol. The number of aryl methyl sites for hydroxylation is 2. The van der Waals surface area contributed by atoms with Crippen LogP contribution in [0.4, 0.5) is 0 Å². The number of nitrogens with one attached hydrogen (secondary N) is 1. The van der Waals surface area contributed by atoms with Crippen molar-refractivity contribution in [2.45, 2.75) is 52.6 Å². The van der Waals surface area contributed by atoms with Crippen LogP contribution >= 0.6 is 0 Å². The molecule has 132 valence electrons. The van der Waals surface area contributed by atoms with E-state index in [1.165, 1.54) is 0 Å². The Morgan fingerprint density at radius 1 is 1.30 bits per heavy atom. The molecule has 1 heterocycles. The van der Waals surface area contributed by atoms with Crippen molar-refractivity contribution >= 4 is 5.91 Å². The number of likely N-dealkylation sites (N-methyl/N-ethyl adjacent to an activating group) is 2. The Hall–Kier alpha value is -1.33. The zero-order valence-electron chi connectivity index (χ0n) is 15.6. The summed E-state index contributed by atoms with van der Waals surface area (Å²) in [6, 6.07) is 2.01. The van der Waals surface area contributed by atoms with Gasteiger partial charge in [0.05, 0.1) is 18.6 Å². The first kappa shape index (κ1) is 19.7. The van der Waals surface area contributed by atoms with Crippen LogP contribution in [0.2, 0.25) is 0 Å². The number of carbonyl (C=O) groups is 1. The molecule has 1 aromatic rings. The molecule has 1 atom stereocenters. The van der Waals surface area contributed by atoms with E-state index >= 15 is 0 Å². The zero-order chi connectivity index (χ0) is 17.6. The molecule has 5 heteroatoms. The first-order valence-electron chi connectivity index (χ1n) is 8.44. The van der Waals surface area contributed by atoms with Gasteiger partial charge in [-0.25, -0.2) is 0 Å². The number of aromatic amines is 1. The fourth-order valence-corrected chi connectivity index (χ4v) is 3.00. The lowest BCUT2D eigenvalue weighted by molar-refractivity contribution is -0.132. The third-order valence-corrected chi connectivity index (χ3v) is 4.11. The molecule has 1 unspecified atom stereocenters. The Morgan fingerprint density at radius 3 is 2.48 bits per heavy atom. The second kappa shape index (κ2) is 8.50.